The largest absolute Gasteiger partial charge is 0.367 e. The number of fused-ring (bicyclic) bond motifs is 2. The summed E-state index contributed by atoms with van der Waals surface area (Å²) in [6.45, 7) is 17.9. The summed E-state index contributed by atoms with van der Waals surface area (Å²) in [6.07, 6.45) is -1.02. The minimum Gasteiger partial charge on any atom is -0.367 e. The molecule has 44 heavy (non-hydrogen) atoms. The first-order chi connectivity index (χ1) is 20.4. The van der Waals surface area contributed by atoms with Crippen LogP contribution < -0.4 is 0 Å². The van der Waals surface area contributed by atoms with Crippen LogP contribution in [0.3, 0.4) is 0 Å². The molecule has 0 spiro atoms. The Hall–Kier alpha value is -0.250. The number of rotatable bonds is 11. The molecule has 13 nitrogen and oxygen atoms in total. The van der Waals surface area contributed by atoms with E-state index in [1.165, 1.54) is 6.66 Å². The maximum absolute atomic E-state index is 13.1. The van der Waals surface area contributed by atoms with Gasteiger partial charge in [0, 0.05) is 13.1 Å². The van der Waals surface area contributed by atoms with Crippen molar-refractivity contribution in [1.29, 1.82) is 0 Å². The molecule has 6 heterocycles. The fourth-order valence-corrected chi connectivity index (χ4v) is 8.11. The molecule has 0 aliphatic carbocycles. The Morgan fingerprint density at radius 3 is 1.45 bits per heavy atom. The van der Waals surface area contributed by atoms with Gasteiger partial charge in [-0.3, -0.25) is 4.57 Å². The van der Waals surface area contributed by atoms with Gasteiger partial charge in [-0.2, -0.15) is 0 Å². The molecular formula is C30H51O13P. The molecule has 14 heteroatoms. The van der Waals surface area contributed by atoms with Crippen LogP contribution in [0.5, 0.6) is 0 Å². The van der Waals surface area contributed by atoms with Gasteiger partial charge in [-0.05, 0) is 68.2 Å². The van der Waals surface area contributed by atoms with Crippen molar-refractivity contribution < 1.29 is 61.0 Å². The highest BCUT2D eigenvalue weighted by molar-refractivity contribution is 7.52. The van der Waals surface area contributed by atoms with Crippen LogP contribution in [0.15, 0.2) is 0 Å². The fourth-order valence-electron chi connectivity index (χ4n) is 7.14. The highest BCUT2D eigenvalue weighted by Crippen LogP contribution is 2.47. The molecule has 6 saturated heterocycles. The maximum atomic E-state index is 13.1. The first kappa shape index (κ1) is 33.6. The molecule has 6 aliphatic rings. The minimum atomic E-state index is -3.31. The van der Waals surface area contributed by atoms with Crippen LogP contribution in [0.1, 0.15) is 74.7 Å². The van der Waals surface area contributed by atoms with Gasteiger partial charge >= 0.3 is 7.60 Å². The first-order valence-electron chi connectivity index (χ1n) is 15.9. The van der Waals surface area contributed by atoms with Crippen LogP contribution in [0.4, 0.5) is 0 Å². The summed E-state index contributed by atoms with van der Waals surface area (Å²) >= 11 is 0. The summed E-state index contributed by atoms with van der Waals surface area (Å²) in [7, 11) is -3.31. The van der Waals surface area contributed by atoms with E-state index < -0.39 is 30.7 Å². The third-order valence-electron chi connectivity index (χ3n) is 8.85. The molecule has 254 valence electrons. The predicted molar refractivity (Wildman–Crippen MR) is 154 cm³/mol. The van der Waals surface area contributed by atoms with E-state index in [0.29, 0.717) is 32.5 Å². The monoisotopic (exact) mass is 650 g/mol. The Balaban J connectivity index is 0.956. The van der Waals surface area contributed by atoms with Crippen molar-refractivity contribution in [2.45, 2.75) is 159 Å². The van der Waals surface area contributed by atoms with Crippen molar-refractivity contribution in [2.24, 2.45) is 0 Å². The van der Waals surface area contributed by atoms with Crippen molar-refractivity contribution in [3.05, 3.63) is 0 Å². The minimum absolute atomic E-state index is 0.183. The third kappa shape index (κ3) is 7.41. The molecule has 0 amide bonds. The Morgan fingerprint density at radius 2 is 1.00 bits per heavy atom. The molecule has 3 unspecified atom stereocenters. The van der Waals surface area contributed by atoms with E-state index in [4.69, 9.17) is 56.4 Å². The zero-order valence-corrected chi connectivity index (χ0v) is 28.4. The fraction of sp³-hybridized carbons (Fsp3) is 1.00. The number of hydrogen-bond acceptors (Lipinski definition) is 13. The zero-order valence-electron chi connectivity index (χ0n) is 27.5. The van der Waals surface area contributed by atoms with Crippen LogP contribution in [0, 0.1) is 0 Å². The second kappa shape index (κ2) is 12.0. The Labute approximate surface area is 260 Å². The van der Waals surface area contributed by atoms with Gasteiger partial charge in [-0.1, -0.05) is 0 Å². The van der Waals surface area contributed by atoms with Gasteiger partial charge in [0.1, 0.15) is 48.8 Å². The second-order valence-corrected chi connectivity index (χ2v) is 16.6. The highest BCUT2D eigenvalue weighted by Gasteiger charge is 2.60. The van der Waals surface area contributed by atoms with E-state index in [2.05, 4.69) is 0 Å². The third-order valence-corrected chi connectivity index (χ3v) is 10.2. The van der Waals surface area contributed by atoms with Crippen molar-refractivity contribution in [3.8, 4) is 0 Å². The zero-order chi connectivity index (χ0) is 31.7. The van der Waals surface area contributed by atoms with E-state index in [1.807, 2.05) is 55.4 Å². The van der Waals surface area contributed by atoms with Gasteiger partial charge in [0.05, 0.1) is 38.6 Å². The maximum Gasteiger partial charge on any atom is 0.327 e. The van der Waals surface area contributed by atoms with Crippen LogP contribution in [0.2, 0.25) is 0 Å². The first-order valence-corrected chi connectivity index (χ1v) is 17.9. The van der Waals surface area contributed by atoms with Gasteiger partial charge in [0.2, 0.25) is 0 Å². The predicted octanol–water partition coefficient (Wildman–Crippen LogP) is 3.89. The molecule has 6 rings (SSSR count). The Kier molecular flexibility index (Phi) is 9.19. The summed E-state index contributed by atoms with van der Waals surface area (Å²) in [5.74, 6) is -2.79. The summed E-state index contributed by atoms with van der Waals surface area (Å²) in [6, 6.07) is 0. The highest BCUT2D eigenvalue weighted by atomic mass is 31.2. The lowest BCUT2D eigenvalue weighted by molar-refractivity contribution is -0.207. The molecule has 0 aromatic carbocycles. The van der Waals surface area contributed by atoms with Crippen molar-refractivity contribution in [1.82, 2.24) is 0 Å². The van der Waals surface area contributed by atoms with E-state index in [-0.39, 0.29) is 74.3 Å². The van der Waals surface area contributed by atoms with Gasteiger partial charge < -0.3 is 56.4 Å². The van der Waals surface area contributed by atoms with Gasteiger partial charge in [-0.15, -0.1) is 0 Å². The van der Waals surface area contributed by atoms with E-state index >= 15 is 0 Å². The summed E-state index contributed by atoms with van der Waals surface area (Å²) in [4.78, 5) is 0. The molecule has 0 aromatic heterocycles. The topological polar surface area (TPSA) is 128 Å². The van der Waals surface area contributed by atoms with Gasteiger partial charge in [-0.25, -0.2) is 0 Å². The summed E-state index contributed by atoms with van der Waals surface area (Å²) in [5, 5.41) is 0. The smallest absolute Gasteiger partial charge is 0.327 e. The SMILES string of the molecule is CC1(C)OC[C@@H]([C@H]2OC(CCCOP(C)(=O)OCCC3O[C@H]([C@@H]4COC(C)(C)O4)[C@@H]4OC(C)(C)O[C@H]34)[C@H]3OC(C)(C)O[C@@H]23)O1. The van der Waals surface area contributed by atoms with Gasteiger partial charge in [0.15, 0.2) is 23.1 Å². The van der Waals surface area contributed by atoms with Gasteiger partial charge in [0.25, 0.3) is 0 Å². The normalized spacial score (nSPS) is 44.6. The number of hydrogen-bond donors (Lipinski definition) is 0. The molecular weight excluding hydrogens is 599 g/mol. The van der Waals surface area contributed by atoms with Crippen LogP contribution in [-0.4, -0.2) is 117 Å². The van der Waals surface area contributed by atoms with E-state index in [1.54, 1.807) is 0 Å². The van der Waals surface area contributed by atoms with Crippen molar-refractivity contribution >= 4 is 7.60 Å². The Morgan fingerprint density at radius 1 is 0.568 bits per heavy atom. The van der Waals surface area contributed by atoms with Crippen molar-refractivity contribution in [2.75, 3.05) is 33.1 Å². The molecule has 0 saturated carbocycles. The lowest BCUT2D eigenvalue weighted by Crippen LogP contribution is -2.40. The van der Waals surface area contributed by atoms with Crippen LogP contribution in [0.25, 0.3) is 0 Å². The standard InChI is InChI=1S/C30H51O13P/c1-27(2)32-15-19(38-27)21-25-23(40-29(5,6)42-25)17(36-21)11-10-13-34-44(9,31)35-14-12-18-24-26(43-30(7,8)41-24)22(37-18)20-16-33-28(3,4)39-20/h17-26H,10-16H2,1-9H3/t17?,18?,19-,20-,21+,22+,23+,24+,25-,26-,44?/m0/s1. The Bertz CT molecular complexity index is 1080. The average molecular weight is 651 g/mol. The number of ether oxygens (including phenoxy) is 10. The second-order valence-electron chi connectivity index (χ2n) is 14.5. The molecule has 0 radical (unpaired) electrons. The molecule has 0 N–H and O–H groups in total. The molecule has 0 aromatic rings. The molecule has 6 aliphatic heterocycles. The van der Waals surface area contributed by atoms with Crippen molar-refractivity contribution in [3.63, 3.8) is 0 Å². The quantitative estimate of drug-likeness (QED) is 0.237. The van der Waals surface area contributed by atoms with E-state index in [9.17, 15) is 4.57 Å². The molecule has 11 atom stereocenters. The summed E-state index contributed by atoms with van der Waals surface area (Å²) < 4.78 is 85.8. The lowest BCUT2D eigenvalue weighted by atomic mass is 10.0. The lowest BCUT2D eigenvalue weighted by Gasteiger charge is -2.27. The summed E-state index contributed by atoms with van der Waals surface area (Å²) in [5.41, 5.74) is 0. The van der Waals surface area contributed by atoms with E-state index in [0.717, 1.165) is 0 Å². The average Bonchev–Trinajstić information content (AvgIpc) is 3.70. The molecule has 6 fully saturated rings. The van der Waals surface area contributed by atoms with Crippen LogP contribution >= 0.6 is 7.60 Å². The molecule has 0 bridgehead atoms. The van der Waals surface area contributed by atoms with Crippen LogP contribution in [-0.2, 0) is 61.0 Å².